The molecule has 3 rings (SSSR count). The number of carbonyl (C=O) groups excluding carboxylic acids is 1. The Bertz CT molecular complexity index is 1030. The summed E-state index contributed by atoms with van der Waals surface area (Å²) in [5.74, 6) is -0.332. The molecule has 7 nitrogen and oxygen atoms in total. The lowest BCUT2D eigenvalue weighted by atomic mass is 10.1. The zero-order valence-electron chi connectivity index (χ0n) is 13.3. The molecule has 0 saturated heterocycles. The molecule has 0 radical (unpaired) electrons. The van der Waals surface area contributed by atoms with Crippen LogP contribution in [0.4, 0.5) is 11.8 Å². The van der Waals surface area contributed by atoms with E-state index in [2.05, 4.69) is 9.97 Å². The lowest BCUT2D eigenvalue weighted by Gasteiger charge is -2.09. The van der Waals surface area contributed by atoms with Crippen molar-refractivity contribution in [3.8, 4) is 23.1 Å². The van der Waals surface area contributed by atoms with Crippen LogP contribution in [-0.2, 0) is 0 Å². The summed E-state index contributed by atoms with van der Waals surface area (Å²) in [7, 11) is 0. The quantitative estimate of drug-likeness (QED) is 0.539. The fourth-order valence-electron chi connectivity index (χ4n) is 2.27. The van der Waals surface area contributed by atoms with Gasteiger partial charge in [-0.25, -0.2) is 9.78 Å². The number of benzene rings is 2. The highest BCUT2D eigenvalue weighted by Crippen LogP contribution is 2.28. The van der Waals surface area contributed by atoms with Gasteiger partial charge in [0.05, 0.1) is 11.3 Å². The Kier molecular flexibility index (Phi) is 4.69. The fraction of sp³-hybridized carbons (Fsp3) is 0. The first-order chi connectivity index (χ1) is 12.5. The summed E-state index contributed by atoms with van der Waals surface area (Å²) < 4.78 is 5.37. The Balaban J connectivity index is 1.93. The van der Waals surface area contributed by atoms with Crippen LogP contribution < -0.4 is 16.2 Å². The van der Waals surface area contributed by atoms with Crippen LogP contribution in [0.5, 0.6) is 5.75 Å². The van der Waals surface area contributed by atoms with Crippen LogP contribution in [0.15, 0.2) is 48.5 Å². The summed E-state index contributed by atoms with van der Waals surface area (Å²) in [5.41, 5.74) is 12.6. The molecule has 0 amide bonds. The maximum absolute atomic E-state index is 12.2. The third kappa shape index (κ3) is 3.55. The van der Waals surface area contributed by atoms with Gasteiger partial charge in [0.15, 0.2) is 0 Å². The van der Waals surface area contributed by atoms with Gasteiger partial charge >= 0.3 is 5.97 Å². The predicted octanol–water partition coefficient (Wildman–Crippen LogP) is 3.05. The number of anilines is 2. The van der Waals surface area contributed by atoms with E-state index in [4.69, 9.17) is 27.8 Å². The molecule has 0 saturated carbocycles. The lowest BCUT2D eigenvalue weighted by molar-refractivity contribution is 0.0735. The minimum absolute atomic E-state index is 0.0152. The van der Waals surface area contributed by atoms with Gasteiger partial charge in [-0.2, -0.15) is 10.2 Å². The third-order valence-electron chi connectivity index (χ3n) is 3.46. The summed E-state index contributed by atoms with van der Waals surface area (Å²) in [6.45, 7) is 0. The molecule has 26 heavy (non-hydrogen) atoms. The van der Waals surface area contributed by atoms with E-state index in [1.165, 1.54) is 0 Å². The molecule has 0 fully saturated rings. The van der Waals surface area contributed by atoms with E-state index < -0.39 is 5.97 Å². The molecular formula is C18H12ClN5O2. The molecule has 0 atom stereocenters. The van der Waals surface area contributed by atoms with Crippen molar-refractivity contribution in [2.24, 2.45) is 0 Å². The normalized spacial score (nSPS) is 10.2. The Morgan fingerprint density at radius 3 is 2.54 bits per heavy atom. The molecule has 0 unspecified atom stereocenters. The SMILES string of the molecule is N#Cc1c(N)nc(N)nc1-c1cccc(OC(=O)c2ccc(Cl)cc2)c1. The summed E-state index contributed by atoms with van der Waals surface area (Å²) in [4.78, 5) is 20.1. The lowest BCUT2D eigenvalue weighted by Crippen LogP contribution is -2.08. The van der Waals surface area contributed by atoms with Crippen LogP contribution in [0, 0.1) is 11.3 Å². The molecule has 0 aliphatic heterocycles. The number of esters is 1. The fourth-order valence-corrected chi connectivity index (χ4v) is 2.40. The van der Waals surface area contributed by atoms with Gasteiger partial charge in [0.25, 0.3) is 0 Å². The number of hydrogen-bond acceptors (Lipinski definition) is 7. The summed E-state index contributed by atoms with van der Waals surface area (Å²) in [6.07, 6.45) is 0. The number of rotatable bonds is 3. The molecule has 4 N–H and O–H groups in total. The van der Waals surface area contributed by atoms with Gasteiger partial charge in [-0.3, -0.25) is 0 Å². The standard InChI is InChI=1S/C18H12ClN5O2/c19-12-6-4-10(5-7-12)17(25)26-13-3-1-2-11(8-13)15-14(9-20)16(21)24-18(22)23-15/h1-8H,(H4,21,22,23,24). The first kappa shape index (κ1) is 17.2. The van der Waals surface area contributed by atoms with Gasteiger partial charge in [0, 0.05) is 10.6 Å². The van der Waals surface area contributed by atoms with Crippen molar-refractivity contribution in [2.75, 3.05) is 11.5 Å². The Morgan fingerprint density at radius 1 is 1.12 bits per heavy atom. The van der Waals surface area contributed by atoms with Gasteiger partial charge in [-0.15, -0.1) is 0 Å². The molecule has 0 aliphatic rings. The highest BCUT2D eigenvalue weighted by molar-refractivity contribution is 6.30. The maximum Gasteiger partial charge on any atom is 0.343 e. The average molecular weight is 366 g/mol. The second-order valence-electron chi connectivity index (χ2n) is 5.23. The number of hydrogen-bond donors (Lipinski definition) is 2. The molecule has 1 aromatic heterocycles. The predicted molar refractivity (Wildman–Crippen MR) is 97.4 cm³/mol. The molecule has 8 heteroatoms. The average Bonchev–Trinajstić information content (AvgIpc) is 2.62. The number of ether oxygens (including phenoxy) is 1. The van der Waals surface area contributed by atoms with Gasteiger partial charge in [0.2, 0.25) is 5.95 Å². The van der Waals surface area contributed by atoms with Crippen molar-refractivity contribution < 1.29 is 9.53 Å². The van der Waals surface area contributed by atoms with Gasteiger partial charge in [-0.1, -0.05) is 23.7 Å². The van der Waals surface area contributed by atoms with Crippen LogP contribution >= 0.6 is 11.6 Å². The van der Waals surface area contributed by atoms with Crippen molar-refractivity contribution >= 4 is 29.3 Å². The first-order valence-corrected chi connectivity index (χ1v) is 7.77. The number of halogens is 1. The van der Waals surface area contributed by atoms with E-state index in [-0.39, 0.29) is 28.8 Å². The Morgan fingerprint density at radius 2 is 1.85 bits per heavy atom. The molecule has 0 aliphatic carbocycles. The molecule has 0 spiro atoms. The van der Waals surface area contributed by atoms with Gasteiger partial charge in [-0.05, 0) is 36.4 Å². The van der Waals surface area contributed by atoms with Gasteiger partial charge < -0.3 is 16.2 Å². The van der Waals surface area contributed by atoms with Crippen molar-refractivity contribution in [3.05, 3.63) is 64.7 Å². The number of nitrogen functional groups attached to an aromatic ring is 2. The smallest absolute Gasteiger partial charge is 0.343 e. The molecule has 0 bridgehead atoms. The molecule has 3 aromatic rings. The van der Waals surface area contributed by atoms with Crippen LogP contribution in [0.2, 0.25) is 5.02 Å². The Labute approximate surface area is 153 Å². The monoisotopic (exact) mass is 365 g/mol. The van der Waals surface area contributed by atoms with Gasteiger partial charge in [0.1, 0.15) is 23.2 Å². The van der Waals surface area contributed by atoms with Crippen LogP contribution in [0.25, 0.3) is 11.3 Å². The largest absolute Gasteiger partial charge is 0.423 e. The molecular weight excluding hydrogens is 354 g/mol. The highest BCUT2D eigenvalue weighted by Gasteiger charge is 2.15. The summed E-state index contributed by atoms with van der Waals surface area (Å²) in [5, 5.41) is 9.81. The van der Waals surface area contributed by atoms with E-state index in [0.717, 1.165) is 0 Å². The van der Waals surface area contributed by atoms with Crippen molar-refractivity contribution in [1.29, 1.82) is 5.26 Å². The highest BCUT2D eigenvalue weighted by atomic mass is 35.5. The van der Waals surface area contributed by atoms with E-state index in [9.17, 15) is 10.1 Å². The number of nitrogens with zero attached hydrogens (tertiary/aromatic N) is 3. The number of nitrogens with two attached hydrogens (primary N) is 2. The van der Waals surface area contributed by atoms with E-state index in [1.807, 2.05) is 6.07 Å². The van der Waals surface area contributed by atoms with Crippen molar-refractivity contribution in [1.82, 2.24) is 9.97 Å². The van der Waals surface area contributed by atoms with Crippen molar-refractivity contribution in [3.63, 3.8) is 0 Å². The maximum atomic E-state index is 12.2. The zero-order valence-corrected chi connectivity index (χ0v) is 14.1. The summed E-state index contributed by atoms with van der Waals surface area (Å²) in [6, 6.07) is 14.8. The molecule has 128 valence electrons. The summed E-state index contributed by atoms with van der Waals surface area (Å²) >= 11 is 5.81. The third-order valence-corrected chi connectivity index (χ3v) is 3.72. The second-order valence-corrected chi connectivity index (χ2v) is 5.66. The Hall–Kier alpha value is -3.63. The molecule has 1 heterocycles. The van der Waals surface area contributed by atoms with Crippen LogP contribution in [0.1, 0.15) is 15.9 Å². The topological polar surface area (TPSA) is 128 Å². The van der Waals surface area contributed by atoms with Crippen LogP contribution in [0.3, 0.4) is 0 Å². The first-order valence-electron chi connectivity index (χ1n) is 7.39. The number of nitriles is 1. The number of aromatic nitrogens is 2. The van der Waals surface area contributed by atoms with E-state index >= 15 is 0 Å². The second kappa shape index (κ2) is 7.09. The van der Waals surface area contributed by atoms with Crippen molar-refractivity contribution in [2.45, 2.75) is 0 Å². The minimum atomic E-state index is -0.541. The zero-order chi connectivity index (χ0) is 18.7. The van der Waals surface area contributed by atoms with Crippen LogP contribution in [-0.4, -0.2) is 15.9 Å². The molecule has 2 aromatic carbocycles. The van der Waals surface area contributed by atoms with E-state index in [1.54, 1.807) is 48.5 Å². The van der Waals surface area contributed by atoms with E-state index in [0.29, 0.717) is 16.1 Å². The number of carbonyl (C=O) groups is 1. The minimum Gasteiger partial charge on any atom is -0.423 e.